The summed E-state index contributed by atoms with van der Waals surface area (Å²) in [5, 5.41) is 10.4. The molecule has 0 aliphatic heterocycles. The molecule has 18 heavy (non-hydrogen) atoms. The van der Waals surface area contributed by atoms with Gasteiger partial charge in [-0.3, -0.25) is 9.48 Å². The number of amides is 1. The molecule has 0 bridgehead atoms. The number of rotatable bonds is 6. The smallest absolute Gasteiger partial charge is 0.239 e. The van der Waals surface area contributed by atoms with Gasteiger partial charge in [0.2, 0.25) is 5.91 Å². The minimum atomic E-state index is -0.0381. The van der Waals surface area contributed by atoms with Crippen molar-refractivity contribution >= 4 is 11.7 Å². The predicted molar refractivity (Wildman–Crippen MR) is 68.6 cm³/mol. The molecular formula is C12H20N4O2. The highest BCUT2D eigenvalue weighted by Crippen LogP contribution is 2.27. The number of methoxy groups -OCH3 is 1. The van der Waals surface area contributed by atoms with Crippen molar-refractivity contribution in [1.82, 2.24) is 15.1 Å². The maximum atomic E-state index is 11.8. The second kappa shape index (κ2) is 5.97. The molecule has 0 radical (unpaired) electrons. The number of aromatic nitrogens is 2. The average molecular weight is 252 g/mol. The molecule has 2 rings (SSSR count). The first-order chi connectivity index (χ1) is 8.72. The van der Waals surface area contributed by atoms with Crippen LogP contribution in [0.2, 0.25) is 0 Å². The highest BCUT2D eigenvalue weighted by molar-refractivity contribution is 5.92. The molecule has 1 aromatic heterocycles. The number of nitrogens with one attached hydrogen (secondary N) is 2. The number of anilines is 1. The number of carbonyl (C=O) groups is 1. The lowest BCUT2D eigenvalue weighted by molar-refractivity contribution is -0.115. The number of ether oxygens (including phenoxy) is 1. The van der Waals surface area contributed by atoms with Gasteiger partial charge in [0.1, 0.15) is 5.82 Å². The minimum absolute atomic E-state index is 0.0381. The molecular weight excluding hydrogens is 232 g/mol. The van der Waals surface area contributed by atoms with E-state index in [1.54, 1.807) is 11.8 Å². The highest BCUT2D eigenvalue weighted by atomic mass is 16.5. The second-order valence-corrected chi connectivity index (χ2v) is 4.47. The van der Waals surface area contributed by atoms with Crippen LogP contribution in [0.5, 0.6) is 0 Å². The second-order valence-electron chi connectivity index (χ2n) is 4.47. The van der Waals surface area contributed by atoms with Gasteiger partial charge in [0, 0.05) is 26.3 Å². The maximum absolute atomic E-state index is 11.8. The largest absolute Gasteiger partial charge is 0.383 e. The van der Waals surface area contributed by atoms with Crippen molar-refractivity contribution in [1.29, 1.82) is 0 Å². The molecule has 1 aliphatic rings. The monoisotopic (exact) mass is 252 g/mol. The third-order valence-electron chi connectivity index (χ3n) is 3.10. The van der Waals surface area contributed by atoms with E-state index in [9.17, 15) is 4.79 Å². The maximum Gasteiger partial charge on any atom is 0.239 e. The average Bonchev–Trinajstić information content (AvgIpc) is 2.89. The van der Waals surface area contributed by atoms with Crippen molar-refractivity contribution in [3.05, 3.63) is 11.3 Å². The van der Waals surface area contributed by atoms with Gasteiger partial charge in [-0.2, -0.15) is 5.10 Å². The van der Waals surface area contributed by atoms with Gasteiger partial charge in [-0.15, -0.1) is 0 Å². The zero-order valence-corrected chi connectivity index (χ0v) is 11.0. The van der Waals surface area contributed by atoms with Crippen molar-refractivity contribution in [2.45, 2.75) is 19.3 Å². The fourth-order valence-electron chi connectivity index (χ4n) is 2.23. The van der Waals surface area contributed by atoms with Crippen LogP contribution < -0.4 is 10.6 Å². The van der Waals surface area contributed by atoms with Gasteiger partial charge >= 0.3 is 0 Å². The first kappa shape index (κ1) is 13.0. The van der Waals surface area contributed by atoms with E-state index in [1.165, 1.54) is 5.56 Å². The highest BCUT2D eigenvalue weighted by Gasteiger charge is 2.21. The number of aryl methyl sites for hydroxylation is 2. The Labute approximate surface area is 107 Å². The Hall–Kier alpha value is -1.40. The van der Waals surface area contributed by atoms with Crippen LogP contribution in [0.3, 0.4) is 0 Å². The van der Waals surface area contributed by atoms with Crippen LogP contribution in [0, 0.1) is 0 Å². The third-order valence-corrected chi connectivity index (χ3v) is 3.10. The van der Waals surface area contributed by atoms with E-state index in [0.717, 1.165) is 30.8 Å². The van der Waals surface area contributed by atoms with Crippen molar-refractivity contribution in [2.75, 3.05) is 32.1 Å². The standard InChI is InChI=1S/C12H20N4O2/c1-16-12(9-4-3-5-10(9)15-16)14-11(17)8-13-6-7-18-2/h13H,3-8H2,1-2H3,(H,14,17). The molecule has 1 heterocycles. The zero-order valence-electron chi connectivity index (χ0n) is 11.0. The third kappa shape index (κ3) is 2.88. The minimum Gasteiger partial charge on any atom is -0.383 e. The number of hydrogen-bond acceptors (Lipinski definition) is 4. The normalized spacial score (nSPS) is 13.7. The number of hydrogen-bond donors (Lipinski definition) is 2. The van der Waals surface area contributed by atoms with Gasteiger partial charge in [-0.05, 0) is 19.3 Å². The Kier molecular flexibility index (Phi) is 4.33. The lowest BCUT2D eigenvalue weighted by Crippen LogP contribution is -2.31. The summed E-state index contributed by atoms with van der Waals surface area (Å²) in [6.07, 6.45) is 3.16. The van der Waals surface area contributed by atoms with E-state index in [4.69, 9.17) is 4.74 Å². The molecule has 2 N–H and O–H groups in total. The Morgan fingerprint density at radius 3 is 3.11 bits per heavy atom. The topological polar surface area (TPSA) is 68.2 Å². The zero-order chi connectivity index (χ0) is 13.0. The van der Waals surface area contributed by atoms with Gasteiger partial charge < -0.3 is 15.4 Å². The Bertz CT molecular complexity index is 428. The molecule has 100 valence electrons. The van der Waals surface area contributed by atoms with E-state index in [-0.39, 0.29) is 5.91 Å². The quantitative estimate of drug-likeness (QED) is 0.704. The Morgan fingerprint density at radius 2 is 2.33 bits per heavy atom. The fraction of sp³-hybridized carbons (Fsp3) is 0.667. The van der Waals surface area contributed by atoms with Crippen molar-refractivity contribution in [3.8, 4) is 0 Å². The summed E-state index contributed by atoms with van der Waals surface area (Å²) in [7, 11) is 3.51. The van der Waals surface area contributed by atoms with Gasteiger partial charge in [0.05, 0.1) is 18.8 Å². The molecule has 6 nitrogen and oxygen atoms in total. The van der Waals surface area contributed by atoms with Crippen LogP contribution in [-0.2, 0) is 29.4 Å². The van der Waals surface area contributed by atoms with Crippen LogP contribution >= 0.6 is 0 Å². The summed E-state index contributed by atoms with van der Waals surface area (Å²) < 4.78 is 6.66. The molecule has 0 saturated heterocycles. The number of fused-ring (bicyclic) bond motifs is 1. The van der Waals surface area contributed by atoms with Crippen LogP contribution in [-0.4, -0.2) is 42.5 Å². The van der Waals surface area contributed by atoms with Crippen LogP contribution in [0.25, 0.3) is 0 Å². The van der Waals surface area contributed by atoms with Gasteiger partial charge in [0.25, 0.3) is 0 Å². The van der Waals surface area contributed by atoms with E-state index in [0.29, 0.717) is 19.7 Å². The molecule has 1 aliphatic carbocycles. The summed E-state index contributed by atoms with van der Waals surface area (Å²) in [5.41, 5.74) is 2.32. The molecule has 0 spiro atoms. The molecule has 0 saturated carbocycles. The van der Waals surface area contributed by atoms with Crippen LogP contribution in [0.4, 0.5) is 5.82 Å². The molecule has 0 unspecified atom stereocenters. The van der Waals surface area contributed by atoms with Gasteiger partial charge in [-0.25, -0.2) is 0 Å². The summed E-state index contributed by atoms with van der Waals surface area (Å²) in [5.74, 6) is 0.810. The van der Waals surface area contributed by atoms with E-state index in [1.807, 2.05) is 7.05 Å². The van der Waals surface area contributed by atoms with Crippen LogP contribution in [0.15, 0.2) is 0 Å². The molecule has 0 atom stereocenters. The molecule has 1 amide bonds. The van der Waals surface area contributed by atoms with Crippen molar-refractivity contribution in [2.24, 2.45) is 7.05 Å². The number of carbonyl (C=O) groups excluding carboxylic acids is 1. The molecule has 0 fully saturated rings. The van der Waals surface area contributed by atoms with Crippen molar-refractivity contribution < 1.29 is 9.53 Å². The lowest BCUT2D eigenvalue weighted by atomic mass is 10.2. The summed E-state index contributed by atoms with van der Waals surface area (Å²) in [6.45, 7) is 1.57. The predicted octanol–water partition coefficient (Wildman–Crippen LogP) is 0.0833. The SMILES string of the molecule is COCCNCC(=O)Nc1c2c(nn1C)CCC2. The van der Waals surface area contributed by atoms with Gasteiger partial charge in [-0.1, -0.05) is 0 Å². The molecule has 6 heteroatoms. The van der Waals surface area contributed by atoms with Crippen LogP contribution in [0.1, 0.15) is 17.7 Å². The first-order valence-corrected chi connectivity index (χ1v) is 6.26. The Balaban J connectivity index is 1.87. The van der Waals surface area contributed by atoms with E-state index >= 15 is 0 Å². The summed E-state index contributed by atoms with van der Waals surface area (Å²) in [6, 6.07) is 0. The van der Waals surface area contributed by atoms with E-state index < -0.39 is 0 Å². The molecule has 0 aromatic carbocycles. The van der Waals surface area contributed by atoms with Crippen molar-refractivity contribution in [3.63, 3.8) is 0 Å². The number of nitrogens with zero attached hydrogens (tertiary/aromatic N) is 2. The fourth-order valence-corrected chi connectivity index (χ4v) is 2.23. The summed E-state index contributed by atoms with van der Waals surface area (Å²) >= 11 is 0. The van der Waals surface area contributed by atoms with Gasteiger partial charge in [0.15, 0.2) is 0 Å². The lowest BCUT2D eigenvalue weighted by Gasteiger charge is -2.08. The first-order valence-electron chi connectivity index (χ1n) is 6.26. The summed E-state index contributed by atoms with van der Waals surface area (Å²) in [4.78, 5) is 11.8. The van der Waals surface area contributed by atoms with E-state index in [2.05, 4.69) is 15.7 Å². The molecule has 1 aromatic rings. The Morgan fingerprint density at radius 1 is 1.50 bits per heavy atom.